The number of non-ortho nitro benzene ring substituents is 1. The lowest BCUT2D eigenvalue weighted by atomic mass is 10.0. The first-order chi connectivity index (χ1) is 9.49. The standard InChI is InChI=1S/C15H12ClNO3/c1-10-3-2-4-11(6-5-10)15(18)13-9-12(17(19)20)7-8-14(13)16/h2-10H,1H3. The van der Waals surface area contributed by atoms with E-state index in [1.54, 1.807) is 18.2 Å². The molecular weight excluding hydrogens is 278 g/mol. The van der Waals surface area contributed by atoms with E-state index in [-0.39, 0.29) is 28.0 Å². The van der Waals surface area contributed by atoms with Gasteiger partial charge in [0.05, 0.1) is 9.95 Å². The number of benzene rings is 1. The number of nitro groups is 1. The van der Waals surface area contributed by atoms with E-state index in [0.717, 1.165) is 0 Å². The molecule has 1 aliphatic rings. The normalized spacial score (nSPS) is 17.5. The number of hydrogen-bond donors (Lipinski definition) is 0. The van der Waals surface area contributed by atoms with Crippen molar-refractivity contribution in [3.63, 3.8) is 0 Å². The Hall–Kier alpha value is -2.20. The van der Waals surface area contributed by atoms with Crippen molar-refractivity contribution in [2.45, 2.75) is 6.92 Å². The SMILES string of the molecule is CC1C=CC=C(C(=O)c2cc([N+](=O)[O-])ccc2Cl)C=C1. The van der Waals surface area contributed by atoms with E-state index in [1.807, 2.05) is 19.1 Å². The second-order valence-corrected chi connectivity index (χ2v) is 4.88. The largest absolute Gasteiger partial charge is 0.289 e. The molecule has 1 aromatic carbocycles. The lowest BCUT2D eigenvalue weighted by molar-refractivity contribution is -0.384. The Kier molecular flexibility index (Phi) is 4.15. The topological polar surface area (TPSA) is 60.2 Å². The minimum absolute atomic E-state index is 0.139. The van der Waals surface area contributed by atoms with Crippen LogP contribution in [0.25, 0.3) is 0 Å². The highest BCUT2D eigenvalue weighted by Crippen LogP contribution is 2.25. The molecule has 1 unspecified atom stereocenters. The van der Waals surface area contributed by atoms with Gasteiger partial charge in [0.15, 0.2) is 5.78 Å². The summed E-state index contributed by atoms with van der Waals surface area (Å²) in [5.41, 5.74) is 0.438. The van der Waals surface area contributed by atoms with Crippen molar-refractivity contribution in [2.24, 2.45) is 5.92 Å². The highest BCUT2D eigenvalue weighted by atomic mass is 35.5. The fourth-order valence-corrected chi connectivity index (χ4v) is 2.02. The van der Waals surface area contributed by atoms with Crippen LogP contribution in [0.4, 0.5) is 5.69 Å². The maximum Gasteiger partial charge on any atom is 0.270 e. The third kappa shape index (κ3) is 3.03. The zero-order valence-corrected chi connectivity index (χ0v) is 11.5. The summed E-state index contributed by atoms with van der Waals surface area (Å²) in [6, 6.07) is 3.85. The van der Waals surface area contributed by atoms with Gasteiger partial charge < -0.3 is 0 Å². The van der Waals surface area contributed by atoms with Gasteiger partial charge in [-0.2, -0.15) is 0 Å². The Labute approximate surface area is 121 Å². The van der Waals surface area contributed by atoms with E-state index in [4.69, 9.17) is 11.6 Å². The van der Waals surface area contributed by atoms with Crippen molar-refractivity contribution >= 4 is 23.1 Å². The van der Waals surface area contributed by atoms with Gasteiger partial charge in [0.2, 0.25) is 0 Å². The molecule has 0 heterocycles. The summed E-state index contributed by atoms with van der Waals surface area (Å²) in [7, 11) is 0. The van der Waals surface area contributed by atoms with Crippen molar-refractivity contribution in [3.8, 4) is 0 Å². The Morgan fingerprint density at radius 1 is 1.35 bits per heavy atom. The van der Waals surface area contributed by atoms with Crippen LogP contribution in [-0.4, -0.2) is 10.7 Å². The van der Waals surface area contributed by atoms with Crippen LogP contribution in [-0.2, 0) is 0 Å². The molecule has 0 radical (unpaired) electrons. The molecule has 1 aliphatic carbocycles. The van der Waals surface area contributed by atoms with Crippen LogP contribution in [0, 0.1) is 16.0 Å². The molecule has 4 nitrogen and oxygen atoms in total. The van der Waals surface area contributed by atoms with Crippen LogP contribution in [0.5, 0.6) is 0 Å². The first-order valence-corrected chi connectivity index (χ1v) is 6.42. The van der Waals surface area contributed by atoms with E-state index in [9.17, 15) is 14.9 Å². The molecular formula is C15H12ClNO3. The predicted octanol–water partition coefficient (Wildman–Crippen LogP) is 4.12. The average Bonchev–Trinajstić information content (AvgIpc) is 2.63. The third-order valence-electron chi connectivity index (χ3n) is 2.94. The summed E-state index contributed by atoms with van der Waals surface area (Å²) in [5.74, 6) is -0.0918. The predicted molar refractivity (Wildman–Crippen MR) is 78.0 cm³/mol. The van der Waals surface area contributed by atoms with Crippen molar-refractivity contribution < 1.29 is 9.72 Å². The second-order valence-electron chi connectivity index (χ2n) is 4.48. The molecule has 0 saturated carbocycles. The van der Waals surface area contributed by atoms with Crippen LogP contribution in [0.15, 0.2) is 54.2 Å². The number of ketones is 1. The zero-order valence-electron chi connectivity index (χ0n) is 10.7. The highest BCUT2D eigenvalue weighted by Gasteiger charge is 2.18. The average molecular weight is 290 g/mol. The molecule has 1 aromatic rings. The molecule has 1 atom stereocenters. The first kappa shape index (κ1) is 14.2. The Morgan fingerprint density at radius 2 is 2.10 bits per heavy atom. The van der Waals surface area contributed by atoms with Crippen LogP contribution in [0.1, 0.15) is 17.3 Å². The summed E-state index contributed by atoms with van der Waals surface area (Å²) in [5, 5.41) is 11.0. The number of nitro benzene ring substituents is 1. The second kappa shape index (κ2) is 5.84. The number of hydrogen-bond acceptors (Lipinski definition) is 3. The number of halogens is 1. The molecule has 0 aliphatic heterocycles. The maximum absolute atomic E-state index is 12.4. The minimum atomic E-state index is -0.549. The number of nitrogens with zero attached hydrogens (tertiary/aromatic N) is 1. The first-order valence-electron chi connectivity index (χ1n) is 6.04. The molecule has 2 rings (SSSR count). The summed E-state index contributed by atoms with van der Waals surface area (Å²) in [6.45, 7) is 1.99. The molecule has 0 fully saturated rings. The van der Waals surface area contributed by atoms with Crippen LogP contribution < -0.4 is 0 Å². The quantitative estimate of drug-likeness (QED) is 0.478. The molecule has 0 aromatic heterocycles. The van der Waals surface area contributed by atoms with E-state index in [0.29, 0.717) is 5.57 Å². The molecule has 0 saturated heterocycles. The molecule has 0 N–H and O–H groups in total. The monoisotopic (exact) mass is 289 g/mol. The lowest BCUT2D eigenvalue weighted by Gasteiger charge is -2.04. The van der Waals surface area contributed by atoms with Crippen molar-refractivity contribution in [3.05, 3.63) is 74.9 Å². The lowest BCUT2D eigenvalue weighted by Crippen LogP contribution is -2.03. The van der Waals surface area contributed by atoms with Gasteiger partial charge in [-0.25, -0.2) is 0 Å². The third-order valence-corrected chi connectivity index (χ3v) is 3.27. The Balaban J connectivity index is 2.41. The highest BCUT2D eigenvalue weighted by molar-refractivity contribution is 6.35. The number of allylic oxidation sites excluding steroid dienone is 6. The van der Waals surface area contributed by atoms with Gasteiger partial charge in [-0.05, 0) is 12.0 Å². The van der Waals surface area contributed by atoms with Gasteiger partial charge in [-0.3, -0.25) is 14.9 Å². The molecule has 20 heavy (non-hydrogen) atoms. The van der Waals surface area contributed by atoms with Crippen LogP contribution in [0.2, 0.25) is 5.02 Å². The smallest absolute Gasteiger partial charge is 0.270 e. The van der Waals surface area contributed by atoms with Crippen LogP contribution >= 0.6 is 11.6 Å². The van der Waals surface area contributed by atoms with E-state index in [1.165, 1.54) is 18.2 Å². The molecule has 0 bridgehead atoms. The fraction of sp³-hybridized carbons (Fsp3) is 0.133. The maximum atomic E-state index is 12.4. The minimum Gasteiger partial charge on any atom is -0.289 e. The summed E-state index contributed by atoms with van der Waals surface area (Å²) >= 11 is 5.97. The zero-order chi connectivity index (χ0) is 14.7. The summed E-state index contributed by atoms with van der Waals surface area (Å²) < 4.78 is 0. The Morgan fingerprint density at radius 3 is 2.80 bits per heavy atom. The van der Waals surface area contributed by atoms with Crippen molar-refractivity contribution in [2.75, 3.05) is 0 Å². The number of rotatable bonds is 3. The van der Waals surface area contributed by atoms with Crippen molar-refractivity contribution in [1.29, 1.82) is 0 Å². The molecule has 102 valence electrons. The number of carbonyl (C=O) groups excluding carboxylic acids is 1. The van der Waals surface area contributed by atoms with Gasteiger partial charge in [0, 0.05) is 23.3 Å². The van der Waals surface area contributed by atoms with Gasteiger partial charge in [-0.15, -0.1) is 0 Å². The fourth-order valence-electron chi connectivity index (χ4n) is 1.82. The van der Waals surface area contributed by atoms with Gasteiger partial charge in [0.25, 0.3) is 5.69 Å². The van der Waals surface area contributed by atoms with Gasteiger partial charge >= 0.3 is 0 Å². The van der Waals surface area contributed by atoms with E-state index in [2.05, 4.69) is 0 Å². The van der Waals surface area contributed by atoms with E-state index >= 15 is 0 Å². The van der Waals surface area contributed by atoms with Gasteiger partial charge in [-0.1, -0.05) is 48.9 Å². The molecule has 0 spiro atoms. The summed E-state index contributed by atoms with van der Waals surface area (Å²) in [4.78, 5) is 22.6. The number of carbonyl (C=O) groups is 1. The molecule has 5 heteroatoms. The summed E-state index contributed by atoms with van der Waals surface area (Å²) in [6.07, 6.45) is 9.02. The number of Topliss-reactive ketones (excluding diaryl/α,β-unsaturated/α-hetero) is 1. The Bertz CT molecular complexity index is 659. The van der Waals surface area contributed by atoms with Crippen LogP contribution in [0.3, 0.4) is 0 Å². The van der Waals surface area contributed by atoms with E-state index < -0.39 is 4.92 Å². The van der Waals surface area contributed by atoms with Gasteiger partial charge in [0.1, 0.15) is 0 Å². The molecule has 0 amide bonds. The van der Waals surface area contributed by atoms with Crippen molar-refractivity contribution in [1.82, 2.24) is 0 Å².